The summed E-state index contributed by atoms with van der Waals surface area (Å²) < 4.78 is 10.6. The molecule has 0 amide bonds. The van der Waals surface area contributed by atoms with Gasteiger partial charge in [-0.05, 0) is 35.6 Å². The molecule has 1 aromatic rings. The number of benzene rings is 1. The Balaban J connectivity index is 1.64. The lowest BCUT2D eigenvalue weighted by Crippen LogP contribution is -2.18. The predicted octanol–water partition coefficient (Wildman–Crippen LogP) is 2.97. The van der Waals surface area contributed by atoms with Crippen LogP contribution >= 0.6 is 0 Å². The quantitative estimate of drug-likeness (QED) is 0.474. The van der Waals surface area contributed by atoms with E-state index >= 15 is 0 Å². The molecule has 22 heavy (non-hydrogen) atoms. The number of methoxy groups -OCH3 is 1. The van der Waals surface area contributed by atoms with Crippen LogP contribution in [0.1, 0.15) is 25.3 Å². The SMILES string of the molecule is COC(=O)[C@@]12C=C(OCc3ccc([N+](=O)[O-])cc3)C[C@]1(C)C2. The number of non-ortho nitro benzene ring substituents is 1. The first-order valence-corrected chi connectivity index (χ1v) is 7.06. The van der Waals surface area contributed by atoms with Gasteiger partial charge >= 0.3 is 5.97 Å². The Labute approximate surface area is 127 Å². The zero-order valence-electron chi connectivity index (χ0n) is 12.5. The van der Waals surface area contributed by atoms with Gasteiger partial charge in [-0.3, -0.25) is 14.9 Å². The summed E-state index contributed by atoms with van der Waals surface area (Å²) in [6, 6.07) is 6.26. The Morgan fingerprint density at radius 2 is 2.05 bits per heavy atom. The van der Waals surface area contributed by atoms with Crippen LogP contribution in [0.3, 0.4) is 0 Å². The summed E-state index contributed by atoms with van der Waals surface area (Å²) in [6.45, 7) is 2.39. The molecule has 1 aromatic carbocycles. The number of nitro benzene ring substituents is 1. The number of carbonyl (C=O) groups excluding carboxylic acids is 1. The minimum Gasteiger partial charge on any atom is -0.494 e. The third kappa shape index (κ3) is 2.15. The highest BCUT2D eigenvalue weighted by Gasteiger charge is 2.72. The first-order chi connectivity index (χ1) is 10.4. The van der Waals surface area contributed by atoms with Gasteiger partial charge < -0.3 is 9.47 Å². The van der Waals surface area contributed by atoms with E-state index in [1.54, 1.807) is 12.1 Å². The molecule has 0 unspecified atom stereocenters. The van der Waals surface area contributed by atoms with E-state index < -0.39 is 10.3 Å². The van der Waals surface area contributed by atoms with Gasteiger partial charge in [0.1, 0.15) is 6.61 Å². The van der Waals surface area contributed by atoms with Crippen molar-refractivity contribution >= 4 is 11.7 Å². The first-order valence-electron chi connectivity index (χ1n) is 7.06. The molecule has 6 nitrogen and oxygen atoms in total. The summed E-state index contributed by atoms with van der Waals surface area (Å²) in [4.78, 5) is 22.1. The van der Waals surface area contributed by atoms with Crippen molar-refractivity contribution in [1.29, 1.82) is 0 Å². The van der Waals surface area contributed by atoms with Crippen molar-refractivity contribution in [3.63, 3.8) is 0 Å². The molecular formula is C16H17NO5. The third-order valence-corrected chi connectivity index (χ3v) is 4.71. The number of esters is 1. The fourth-order valence-electron chi connectivity index (χ4n) is 3.27. The lowest BCUT2D eigenvalue weighted by molar-refractivity contribution is -0.384. The molecule has 2 atom stereocenters. The molecule has 0 N–H and O–H groups in total. The minimum absolute atomic E-state index is 0.0576. The molecule has 1 fully saturated rings. The zero-order chi connectivity index (χ0) is 16.0. The molecule has 116 valence electrons. The van der Waals surface area contributed by atoms with E-state index in [4.69, 9.17) is 9.47 Å². The minimum atomic E-state index is -0.521. The Morgan fingerprint density at radius 3 is 2.64 bits per heavy atom. The maximum Gasteiger partial charge on any atom is 0.316 e. The van der Waals surface area contributed by atoms with E-state index in [0.717, 1.165) is 24.2 Å². The second-order valence-corrected chi connectivity index (χ2v) is 6.20. The molecule has 3 rings (SSSR count). The van der Waals surface area contributed by atoms with E-state index in [9.17, 15) is 14.9 Å². The maximum atomic E-state index is 11.9. The van der Waals surface area contributed by atoms with Crippen LogP contribution in [-0.2, 0) is 20.9 Å². The monoisotopic (exact) mass is 303 g/mol. The normalized spacial score (nSPS) is 28.5. The molecule has 0 saturated heterocycles. The summed E-state index contributed by atoms with van der Waals surface area (Å²) >= 11 is 0. The number of hydrogen-bond acceptors (Lipinski definition) is 5. The highest BCUT2D eigenvalue weighted by Crippen LogP contribution is 2.72. The van der Waals surface area contributed by atoms with Crippen molar-refractivity contribution in [3.8, 4) is 0 Å². The van der Waals surface area contributed by atoms with Crippen molar-refractivity contribution in [2.24, 2.45) is 10.8 Å². The first kappa shape index (κ1) is 14.6. The van der Waals surface area contributed by atoms with Crippen LogP contribution in [0, 0.1) is 20.9 Å². The number of hydrogen-bond donors (Lipinski definition) is 0. The number of ether oxygens (including phenoxy) is 2. The molecule has 1 saturated carbocycles. The summed E-state index contributed by atoms with van der Waals surface area (Å²) in [6.07, 6.45) is 3.40. The van der Waals surface area contributed by atoms with Gasteiger partial charge in [0.25, 0.3) is 5.69 Å². The van der Waals surface area contributed by atoms with Gasteiger partial charge in [-0.2, -0.15) is 0 Å². The van der Waals surface area contributed by atoms with Crippen molar-refractivity contribution in [2.75, 3.05) is 7.11 Å². The Kier molecular flexibility index (Phi) is 3.20. The molecule has 6 heteroatoms. The van der Waals surface area contributed by atoms with Gasteiger partial charge in [0.15, 0.2) is 0 Å². The second-order valence-electron chi connectivity index (χ2n) is 6.20. The number of nitro groups is 1. The van der Waals surface area contributed by atoms with Gasteiger partial charge in [0, 0.05) is 18.6 Å². The van der Waals surface area contributed by atoms with Crippen molar-refractivity contribution in [3.05, 3.63) is 51.8 Å². The van der Waals surface area contributed by atoms with E-state index in [2.05, 4.69) is 6.92 Å². The highest BCUT2D eigenvalue weighted by molar-refractivity contribution is 5.85. The average molecular weight is 303 g/mol. The molecule has 0 aromatic heterocycles. The third-order valence-electron chi connectivity index (χ3n) is 4.71. The highest BCUT2D eigenvalue weighted by atomic mass is 16.6. The van der Waals surface area contributed by atoms with Crippen molar-refractivity contribution in [1.82, 2.24) is 0 Å². The van der Waals surface area contributed by atoms with Crippen LogP contribution in [-0.4, -0.2) is 18.0 Å². The largest absolute Gasteiger partial charge is 0.494 e. The number of rotatable bonds is 5. The average Bonchev–Trinajstić information content (AvgIpc) is 2.98. The van der Waals surface area contributed by atoms with Crippen LogP contribution < -0.4 is 0 Å². The van der Waals surface area contributed by atoms with E-state index in [-0.39, 0.29) is 17.1 Å². The van der Waals surface area contributed by atoms with Crippen LogP contribution in [0.5, 0.6) is 0 Å². The summed E-state index contributed by atoms with van der Waals surface area (Å²) in [7, 11) is 1.40. The topological polar surface area (TPSA) is 78.7 Å². The smallest absolute Gasteiger partial charge is 0.316 e. The van der Waals surface area contributed by atoms with Gasteiger partial charge in [0.2, 0.25) is 0 Å². The van der Waals surface area contributed by atoms with Gasteiger partial charge in [-0.25, -0.2) is 0 Å². The molecule has 0 aliphatic heterocycles. The van der Waals surface area contributed by atoms with E-state index in [1.807, 2.05) is 6.08 Å². The van der Waals surface area contributed by atoms with Crippen LogP contribution in [0.2, 0.25) is 0 Å². The summed E-state index contributed by atoms with van der Waals surface area (Å²) in [5.74, 6) is 0.585. The van der Waals surface area contributed by atoms with E-state index in [1.165, 1.54) is 19.2 Å². The number of nitrogens with zero attached hydrogens (tertiary/aromatic N) is 1. The predicted molar refractivity (Wildman–Crippen MR) is 77.8 cm³/mol. The van der Waals surface area contributed by atoms with Crippen LogP contribution in [0.4, 0.5) is 5.69 Å². The van der Waals surface area contributed by atoms with Crippen LogP contribution in [0.15, 0.2) is 36.1 Å². The van der Waals surface area contributed by atoms with E-state index in [0.29, 0.717) is 6.61 Å². The van der Waals surface area contributed by atoms with Crippen LogP contribution in [0.25, 0.3) is 0 Å². The second kappa shape index (κ2) is 4.83. The Hall–Kier alpha value is -2.37. The van der Waals surface area contributed by atoms with Gasteiger partial charge in [0.05, 0.1) is 23.2 Å². The Morgan fingerprint density at radius 1 is 1.36 bits per heavy atom. The molecular weight excluding hydrogens is 286 g/mol. The molecule has 2 aliphatic rings. The molecule has 0 radical (unpaired) electrons. The number of allylic oxidation sites excluding steroid dienone is 1. The van der Waals surface area contributed by atoms with Crippen molar-refractivity contribution in [2.45, 2.75) is 26.4 Å². The molecule has 0 spiro atoms. The number of fused-ring (bicyclic) bond motifs is 1. The fraction of sp³-hybridized carbons (Fsp3) is 0.438. The zero-order valence-corrected chi connectivity index (χ0v) is 12.5. The molecule has 2 aliphatic carbocycles. The lowest BCUT2D eigenvalue weighted by Gasteiger charge is -2.10. The molecule has 0 bridgehead atoms. The number of carbonyl (C=O) groups is 1. The standard InChI is InChI=1S/C16H17NO5/c1-15-7-13(8-16(15,10-15)14(18)21-2)22-9-11-3-5-12(6-4-11)17(19)20/h3-6,8H,7,9-10H2,1-2H3/t15-,16+/m1/s1. The van der Waals surface area contributed by atoms with Gasteiger partial charge in [-0.1, -0.05) is 6.92 Å². The van der Waals surface area contributed by atoms with Gasteiger partial charge in [-0.15, -0.1) is 0 Å². The lowest BCUT2D eigenvalue weighted by atomic mass is 9.98. The molecule has 0 heterocycles. The fourth-order valence-corrected chi connectivity index (χ4v) is 3.27. The summed E-state index contributed by atoms with van der Waals surface area (Å²) in [5, 5.41) is 10.6. The maximum absolute atomic E-state index is 11.9. The Bertz CT molecular complexity index is 666. The van der Waals surface area contributed by atoms with Crippen molar-refractivity contribution < 1.29 is 19.2 Å². The summed E-state index contributed by atoms with van der Waals surface area (Å²) in [5.41, 5.74) is 0.295.